The Kier molecular flexibility index (Phi) is 4.77. The third-order valence-electron chi connectivity index (χ3n) is 3.45. The van der Waals surface area contributed by atoms with E-state index in [1.807, 2.05) is 30.3 Å². The van der Waals surface area contributed by atoms with Gasteiger partial charge in [0.25, 0.3) is 0 Å². The van der Waals surface area contributed by atoms with E-state index < -0.39 is 10.0 Å². The summed E-state index contributed by atoms with van der Waals surface area (Å²) in [6.45, 7) is 2.62. The standard InChI is InChI=1S/C16H20N2O2S/c1-13-5-3-4-6-16(13)21(19,20)18(2)12-15-9-7-14(11-17)8-10-15/h3-10H,11-12,17H2,1-2H3. The topological polar surface area (TPSA) is 63.4 Å². The normalized spacial score (nSPS) is 11.8. The number of sulfonamides is 1. The Morgan fingerprint density at radius 3 is 2.14 bits per heavy atom. The fourth-order valence-electron chi connectivity index (χ4n) is 2.14. The molecule has 0 heterocycles. The lowest BCUT2D eigenvalue weighted by Crippen LogP contribution is -2.27. The van der Waals surface area contributed by atoms with Crippen molar-refractivity contribution in [2.75, 3.05) is 7.05 Å². The molecular formula is C16H20N2O2S. The molecule has 0 radical (unpaired) electrons. The molecule has 5 heteroatoms. The van der Waals surface area contributed by atoms with Crippen LogP contribution in [0.25, 0.3) is 0 Å². The molecule has 0 atom stereocenters. The number of benzene rings is 2. The third-order valence-corrected chi connectivity index (χ3v) is 5.41. The molecule has 0 unspecified atom stereocenters. The predicted molar refractivity (Wildman–Crippen MR) is 84.2 cm³/mol. The lowest BCUT2D eigenvalue weighted by Gasteiger charge is -2.18. The highest BCUT2D eigenvalue weighted by Gasteiger charge is 2.22. The van der Waals surface area contributed by atoms with Crippen LogP contribution >= 0.6 is 0 Å². The summed E-state index contributed by atoms with van der Waals surface area (Å²) < 4.78 is 26.5. The molecule has 21 heavy (non-hydrogen) atoms. The Morgan fingerprint density at radius 1 is 1.00 bits per heavy atom. The second kappa shape index (κ2) is 6.39. The summed E-state index contributed by atoms with van der Waals surface area (Å²) in [7, 11) is -1.88. The zero-order valence-corrected chi connectivity index (χ0v) is 13.1. The van der Waals surface area contributed by atoms with Crippen LogP contribution in [0.4, 0.5) is 0 Å². The highest BCUT2D eigenvalue weighted by atomic mass is 32.2. The molecule has 0 aromatic heterocycles. The summed E-state index contributed by atoms with van der Waals surface area (Å²) in [5.41, 5.74) is 8.28. The van der Waals surface area contributed by atoms with Gasteiger partial charge in [0.15, 0.2) is 0 Å². The second-order valence-corrected chi connectivity index (χ2v) is 7.06. The van der Waals surface area contributed by atoms with Gasteiger partial charge in [0.2, 0.25) is 10.0 Å². The zero-order valence-electron chi connectivity index (χ0n) is 12.3. The number of aryl methyl sites for hydroxylation is 1. The fraction of sp³-hybridized carbons (Fsp3) is 0.250. The van der Waals surface area contributed by atoms with Crippen molar-refractivity contribution in [2.45, 2.75) is 24.9 Å². The average molecular weight is 304 g/mol. The number of hydrogen-bond donors (Lipinski definition) is 1. The van der Waals surface area contributed by atoms with Crippen molar-refractivity contribution in [3.05, 3.63) is 65.2 Å². The first kappa shape index (κ1) is 15.7. The maximum atomic E-state index is 12.6. The van der Waals surface area contributed by atoms with Crippen LogP contribution < -0.4 is 5.73 Å². The van der Waals surface area contributed by atoms with Crippen LogP contribution in [-0.2, 0) is 23.1 Å². The summed E-state index contributed by atoms with van der Waals surface area (Å²) in [5.74, 6) is 0. The van der Waals surface area contributed by atoms with E-state index in [-0.39, 0.29) is 0 Å². The molecule has 0 aliphatic heterocycles. The lowest BCUT2D eigenvalue weighted by atomic mass is 10.1. The van der Waals surface area contributed by atoms with E-state index >= 15 is 0 Å². The number of nitrogens with two attached hydrogens (primary N) is 1. The number of hydrogen-bond acceptors (Lipinski definition) is 3. The fourth-order valence-corrected chi connectivity index (χ4v) is 3.52. The highest BCUT2D eigenvalue weighted by molar-refractivity contribution is 7.89. The smallest absolute Gasteiger partial charge is 0.243 e. The van der Waals surface area contributed by atoms with E-state index in [0.29, 0.717) is 18.0 Å². The van der Waals surface area contributed by atoms with Crippen LogP contribution in [0.2, 0.25) is 0 Å². The van der Waals surface area contributed by atoms with Crippen molar-refractivity contribution in [1.29, 1.82) is 0 Å². The predicted octanol–water partition coefficient (Wildman–Crippen LogP) is 2.27. The van der Waals surface area contributed by atoms with Gasteiger partial charge in [-0.25, -0.2) is 8.42 Å². The monoisotopic (exact) mass is 304 g/mol. The van der Waals surface area contributed by atoms with Gasteiger partial charge < -0.3 is 5.73 Å². The van der Waals surface area contributed by atoms with E-state index in [4.69, 9.17) is 5.73 Å². The molecule has 0 aliphatic carbocycles. The molecule has 0 saturated carbocycles. The highest BCUT2D eigenvalue weighted by Crippen LogP contribution is 2.20. The molecule has 0 aliphatic rings. The molecule has 2 aromatic carbocycles. The van der Waals surface area contributed by atoms with Crippen molar-refractivity contribution < 1.29 is 8.42 Å². The van der Waals surface area contributed by atoms with Crippen molar-refractivity contribution in [3.8, 4) is 0 Å². The van der Waals surface area contributed by atoms with Crippen molar-refractivity contribution >= 4 is 10.0 Å². The largest absolute Gasteiger partial charge is 0.326 e. The molecule has 0 spiro atoms. The van der Waals surface area contributed by atoms with E-state index in [0.717, 1.165) is 16.7 Å². The summed E-state index contributed by atoms with van der Waals surface area (Å²) in [6, 6.07) is 14.7. The Hall–Kier alpha value is -1.69. The summed E-state index contributed by atoms with van der Waals surface area (Å²) >= 11 is 0. The Labute approximate surface area is 126 Å². The molecule has 0 amide bonds. The van der Waals surface area contributed by atoms with Crippen LogP contribution in [0.15, 0.2) is 53.4 Å². The molecule has 0 fully saturated rings. The molecule has 0 bridgehead atoms. The van der Waals surface area contributed by atoms with Gasteiger partial charge in [-0.2, -0.15) is 4.31 Å². The minimum atomic E-state index is -3.47. The summed E-state index contributed by atoms with van der Waals surface area (Å²) in [5, 5.41) is 0. The number of rotatable bonds is 5. The second-order valence-electron chi connectivity index (χ2n) is 5.05. The molecule has 0 saturated heterocycles. The van der Waals surface area contributed by atoms with Crippen LogP contribution in [0.1, 0.15) is 16.7 Å². The number of nitrogens with zero attached hydrogens (tertiary/aromatic N) is 1. The SMILES string of the molecule is Cc1ccccc1S(=O)(=O)N(C)Cc1ccc(CN)cc1. The summed E-state index contributed by atoms with van der Waals surface area (Å²) in [4.78, 5) is 0.353. The van der Waals surface area contributed by atoms with Crippen LogP contribution in [0.3, 0.4) is 0 Å². The Balaban J connectivity index is 2.22. The van der Waals surface area contributed by atoms with Gasteiger partial charge in [0.1, 0.15) is 0 Å². The van der Waals surface area contributed by atoms with Crippen LogP contribution in [-0.4, -0.2) is 19.8 Å². The van der Waals surface area contributed by atoms with Crippen molar-refractivity contribution in [2.24, 2.45) is 5.73 Å². The van der Waals surface area contributed by atoms with E-state index in [1.165, 1.54) is 4.31 Å². The van der Waals surface area contributed by atoms with Gasteiger partial charge in [-0.05, 0) is 29.7 Å². The third kappa shape index (κ3) is 3.50. The molecule has 2 aromatic rings. The van der Waals surface area contributed by atoms with E-state index in [9.17, 15) is 8.42 Å². The minimum absolute atomic E-state index is 0.335. The van der Waals surface area contributed by atoms with Gasteiger partial charge >= 0.3 is 0 Å². The summed E-state index contributed by atoms with van der Waals surface area (Å²) in [6.07, 6.45) is 0. The first-order valence-electron chi connectivity index (χ1n) is 6.75. The first-order chi connectivity index (χ1) is 9.95. The lowest BCUT2D eigenvalue weighted by molar-refractivity contribution is 0.466. The van der Waals surface area contributed by atoms with Gasteiger partial charge in [0.05, 0.1) is 4.90 Å². The Bertz CT molecular complexity index is 709. The van der Waals surface area contributed by atoms with E-state index in [2.05, 4.69) is 0 Å². The Morgan fingerprint density at radius 2 is 1.57 bits per heavy atom. The zero-order chi connectivity index (χ0) is 15.5. The van der Waals surface area contributed by atoms with E-state index in [1.54, 1.807) is 32.2 Å². The maximum absolute atomic E-state index is 12.6. The van der Waals surface area contributed by atoms with Crippen LogP contribution in [0.5, 0.6) is 0 Å². The minimum Gasteiger partial charge on any atom is -0.326 e. The van der Waals surface area contributed by atoms with Crippen molar-refractivity contribution in [1.82, 2.24) is 4.31 Å². The van der Waals surface area contributed by atoms with Crippen LogP contribution in [0, 0.1) is 6.92 Å². The quantitative estimate of drug-likeness (QED) is 0.921. The first-order valence-corrected chi connectivity index (χ1v) is 8.19. The molecule has 2 N–H and O–H groups in total. The molecular weight excluding hydrogens is 284 g/mol. The maximum Gasteiger partial charge on any atom is 0.243 e. The average Bonchev–Trinajstić information content (AvgIpc) is 2.48. The molecule has 112 valence electrons. The van der Waals surface area contributed by atoms with Gasteiger partial charge in [-0.3, -0.25) is 0 Å². The van der Waals surface area contributed by atoms with Gasteiger partial charge in [-0.1, -0.05) is 42.5 Å². The van der Waals surface area contributed by atoms with Crippen molar-refractivity contribution in [3.63, 3.8) is 0 Å². The van der Waals surface area contributed by atoms with Gasteiger partial charge in [-0.15, -0.1) is 0 Å². The molecule has 4 nitrogen and oxygen atoms in total. The van der Waals surface area contributed by atoms with Gasteiger partial charge in [0, 0.05) is 20.1 Å². The molecule has 2 rings (SSSR count).